The summed E-state index contributed by atoms with van der Waals surface area (Å²) in [6.45, 7) is 2.25. The lowest BCUT2D eigenvalue weighted by Crippen LogP contribution is -2.37. The number of hydrogen-bond acceptors (Lipinski definition) is 6. The lowest BCUT2D eigenvalue weighted by atomic mass is 9.68. The average molecular weight is 809 g/mol. The Morgan fingerprint density at radius 1 is 0.683 bits per heavy atom. The summed E-state index contributed by atoms with van der Waals surface area (Å²) in [5.41, 5.74) is 6.79. The van der Waals surface area contributed by atoms with Gasteiger partial charge in [0.2, 0.25) is 0 Å². The maximum Gasteiger partial charge on any atom is 0.261 e. The second kappa shape index (κ2) is 20.1. The predicted molar refractivity (Wildman–Crippen MR) is 234 cm³/mol. The number of hydrogen-bond donors (Lipinski definition) is 0. The van der Waals surface area contributed by atoms with Crippen molar-refractivity contribution in [3.05, 3.63) is 166 Å². The number of Topliss-reactive ketones (excluding diaryl/α,β-unsaturated/α-hetero) is 1. The minimum Gasteiger partial charge on any atom is -0.493 e. The number of ketones is 1. The zero-order valence-corrected chi connectivity index (χ0v) is 35.0. The zero-order valence-electron chi connectivity index (χ0n) is 35.0. The highest BCUT2D eigenvalue weighted by Crippen LogP contribution is 2.44. The third-order valence-electron chi connectivity index (χ3n) is 12.7. The van der Waals surface area contributed by atoms with Crippen LogP contribution < -0.4 is 9.47 Å². The molecule has 2 aliphatic rings. The van der Waals surface area contributed by atoms with Crippen molar-refractivity contribution in [2.45, 2.75) is 88.5 Å². The molecule has 5 aromatic carbocycles. The van der Waals surface area contributed by atoms with E-state index < -0.39 is 0 Å². The first-order valence-corrected chi connectivity index (χ1v) is 21.6. The molecule has 2 amide bonds. The number of unbranched alkanes of at least 4 members (excludes halogenated alkanes) is 2. The Morgan fingerprint density at radius 3 is 1.92 bits per heavy atom. The van der Waals surface area contributed by atoms with Gasteiger partial charge in [-0.2, -0.15) is 0 Å². The third kappa shape index (κ3) is 9.71. The molecule has 312 valence electrons. The first kappa shape index (κ1) is 42.5. The first-order valence-electron chi connectivity index (χ1n) is 21.6. The van der Waals surface area contributed by atoms with Crippen LogP contribution in [0.5, 0.6) is 11.5 Å². The topological polar surface area (TPSA) is 76.2 Å². The van der Waals surface area contributed by atoms with Gasteiger partial charge in [-0.05, 0) is 122 Å². The van der Waals surface area contributed by atoms with E-state index in [-0.39, 0.29) is 34.9 Å². The molecule has 7 rings (SSSR count). The van der Waals surface area contributed by atoms with E-state index in [0.717, 1.165) is 87.9 Å². The Balaban J connectivity index is 1.05. The molecule has 2 aliphatic heterocycles. The number of carbonyl (C=O) groups is 3. The van der Waals surface area contributed by atoms with Crippen LogP contribution in [0, 0.1) is 5.82 Å². The molecule has 0 bridgehead atoms. The van der Waals surface area contributed by atoms with Crippen LogP contribution in [0.2, 0.25) is 0 Å². The van der Waals surface area contributed by atoms with E-state index in [2.05, 4.69) is 77.7 Å². The van der Waals surface area contributed by atoms with E-state index in [0.29, 0.717) is 36.9 Å². The fourth-order valence-corrected chi connectivity index (χ4v) is 9.53. The number of rotatable bonds is 21. The maximum atomic E-state index is 13.4. The van der Waals surface area contributed by atoms with Gasteiger partial charge in [0.1, 0.15) is 11.6 Å². The smallest absolute Gasteiger partial charge is 0.261 e. The second-order valence-electron chi connectivity index (χ2n) is 16.3. The van der Waals surface area contributed by atoms with Gasteiger partial charge < -0.3 is 9.47 Å². The van der Waals surface area contributed by atoms with Crippen LogP contribution in [0.4, 0.5) is 4.39 Å². The zero-order chi connectivity index (χ0) is 41.9. The molecule has 0 spiro atoms. The fourth-order valence-electron chi connectivity index (χ4n) is 9.53. The van der Waals surface area contributed by atoms with Crippen LogP contribution in [0.25, 0.3) is 0 Å². The van der Waals surface area contributed by atoms with Crippen molar-refractivity contribution in [1.29, 1.82) is 0 Å². The molecule has 0 saturated heterocycles. The van der Waals surface area contributed by atoms with Crippen LogP contribution in [0.3, 0.4) is 0 Å². The van der Waals surface area contributed by atoms with Crippen molar-refractivity contribution in [2.24, 2.45) is 0 Å². The molecule has 0 fully saturated rings. The quantitative estimate of drug-likeness (QED) is 0.0543. The van der Waals surface area contributed by atoms with Crippen LogP contribution in [0.1, 0.15) is 119 Å². The molecule has 8 heteroatoms. The van der Waals surface area contributed by atoms with Crippen molar-refractivity contribution < 1.29 is 28.2 Å². The average Bonchev–Trinajstić information content (AvgIpc) is 3.53. The Morgan fingerprint density at radius 2 is 1.28 bits per heavy atom. The largest absolute Gasteiger partial charge is 0.493 e. The van der Waals surface area contributed by atoms with Gasteiger partial charge in [0, 0.05) is 37.4 Å². The molecule has 1 unspecified atom stereocenters. The number of benzene rings is 5. The normalized spacial score (nSPS) is 15.2. The van der Waals surface area contributed by atoms with E-state index in [1.54, 1.807) is 50.6 Å². The lowest BCUT2D eigenvalue weighted by Gasteiger charge is -2.40. The number of carbonyl (C=O) groups excluding carboxylic acids is 3. The van der Waals surface area contributed by atoms with Crippen molar-refractivity contribution >= 4 is 17.6 Å². The van der Waals surface area contributed by atoms with Gasteiger partial charge in [0.25, 0.3) is 11.8 Å². The number of fused-ring (bicyclic) bond motifs is 2. The van der Waals surface area contributed by atoms with E-state index in [4.69, 9.17) is 9.47 Å². The molecule has 1 atom stereocenters. The number of halogens is 1. The van der Waals surface area contributed by atoms with Gasteiger partial charge in [-0.3, -0.25) is 24.2 Å². The maximum absolute atomic E-state index is 13.4. The molecule has 2 heterocycles. The van der Waals surface area contributed by atoms with Crippen LogP contribution in [-0.2, 0) is 23.1 Å². The van der Waals surface area contributed by atoms with E-state index in [9.17, 15) is 18.8 Å². The number of ether oxygens (including phenoxy) is 2. The summed E-state index contributed by atoms with van der Waals surface area (Å²) in [7, 11) is 3.37. The minimum absolute atomic E-state index is 0.175. The molecular formula is C52H57FN2O5. The highest BCUT2D eigenvalue weighted by molar-refractivity contribution is 6.21. The molecule has 60 heavy (non-hydrogen) atoms. The summed E-state index contributed by atoms with van der Waals surface area (Å²) >= 11 is 0. The predicted octanol–water partition coefficient (Wildman–Crippen LogP) is 10.7. The highest BCUT2D eigenvalue weighted by atomic mass is 19.1. The van der Waals surface area contributed by atoms with E-state index in [1.165, 1.54) is 39.3 Å². The SMILES string of the molecule is COc1cc2c(cc1OC)C(CCCCCN1C(=O)c3ccccc3C1=O)N(CCCC(CCCC(=O)CCc1ccc(F)cc1)(c1ccccc1)c1ccccc1)CC2. The van der Waals surface area contributed by atoms with Gasteiger partial charge in [-0.25, -0.2) is 4.39 Å². The Labute approximate surface area is 354 Å². The number of aryl methyl sites for hydroxylation is 1. The molecule has 0 aliphatic carbocycles. The molecule has 5 aromatic rings. The molecule has 0 N–H and O–H groups in total. The number of imide groups is 1. The summed E-state index contributed by atoms with van der Waals surface area (Å²) in [5, 5.41) is 0. The monoisotopic (exact) mass is 808 g/mol. The third-order valence-corrected chi connectivity index (χ3v) is 12.7. The lowest BCUT2D eigenvalue weighted by molar-refractivity contribution is -0.119. The molecule has 0 saturated carbocycles. The van der Waals surface area contributed by atoms with Crippen LogP contribution in [-0.4, -0.2) is 61.3 Å². The van der Waals surface area contributed by atoms with Crippen LogP contribution in [0.15, 0.2) is 121 Å². The summed E-state index contributed by atoms with van der Waals surface area (Å²) in [6.07, 6.45) is 9.52. The highest BCUT2D eigenvalue weighted by Gasteiger charge is 2.36. The fraction of sp³-hybridized carbons (Fsp3) is 0.365. The Hall–Kier alpha value is -5.60. The number of nitrogens with zero attached hydrogens (tertiary/aromatic N) is 2. The number of methoxy groups -OCH3 is 2. The number of amides is 2. The van der Waals surface area contributed by atoms with Gasteiger partial charge in [0.05, 0.1) is 25.3 Å². The van der Waals surface area contributed by atoms with Crippen LogP contribution >= 0.6 is 0 Å². The Kier molecular flexibility index (Phi) is 14.2. The standard InChI is InChI=1S/C52H57FN2O5/c1-59-48-36-39-30-35-54(47(46(39)37-49(48)60-2)23-10-5-13-34-55-50(57)44-21-11-12-22-45(44)51(55)58)33-15-32-52(40-16-6-3-7-17-40,41-18-8-4-9-19-41)31-14-20-43(56)29-26-38-24-27-42(53)28-25-38/h3-4,6-9,11-12,16-19,21-22,24-25,27-28,36-37,47H,5,10,13-15,20,23,26,29-35H2,1-2H3. The van der Waals surface area contributed by atoms with Gasteiger partial charge >= 0.3 is 0 Å². The van der Waals surface area contributed by atoms with Crippen molar-refractivity contribution in [3.8, 4) is 11.5 Å². The molecule has 0 aromatic heterocycles. The second-order valence-corrected chi connectivity index (χ2v) is 16.3. The van der Waals surface area contributed by atoms with Crippen molar-refractivity contribution in [1.82, 2.24) is 9.80 Å². The summed E-state index contributed by atoms with van der Waals surface area (Å²) < 4.78 is 25.0. The van der Waals surface area contributed by atoms with Crippen molar-refractivity contribution in [3.63, 3.8) is 0 Å². The van der Waals surface area contributed by atoms with E-state index >= 15 is 0 Å². The van der Waals surface area contributed by atoms with Gasteiger partial charge in [-0.1, -0.05) is 97.8 Å². The minimum atomic E-state index is -0.274. The molecule has 0 radical (unpaired) electrons. The van der Waals surface area contributed by atoms with Gasteiger partial charge in [0.15, 0.2) is 11.5 Å². The summed E-state index contributed by atoms with van der Waals surface area (Å²) in [5.74, 6) is 1.06. The summed E-state index contributed by atoms with van der Waals surface area (Å²) in [4.78, 5) is 43.2. The molecule has 7 nitrogen and oxygen atoms in total. The Bertz CT molecular complexity index is 2150. The van der Waals surface area contributed by atoms with E-state index in [1.807, 2.05) is 0 Å². The van der Waals surface area contributed by atoms with Gasteiger partial charge in [-0.15, -0.1) is 0 Å². The molecular weight excluding hydrogens is 752 g/mol. The summed E-state index contributed by atoms with van der Waals surface area (Å²) in [6, 6.07) is 39.6. The first-order chi connectivity index (χ1) is 29.3. The van der Waals surface area contributed by atoms with Crippen molar-refractivity contribution in [2.75, 3.05) is 33.9 Å².